The summed E-state index contributed by atoms with van der Waals surface area (Å²) in [4.78, 5) is 36.5. The van der Waals surface area contributed by atoms with Gasteiger partial charge in [0.05, 0.1) is 25.6 Å². The SMILES string of the molecule is CCOC(=O)CC(NC(=O)CNC(=O)c1cccc(N)c1)c1cc(Cl)cc(Cl)c1. The van der Waals surface area contributed by atoms with Crippen LogP contribution in [-0.2, 0) is 14.3 Å². The van der Waals surface area contributed by atoms with Crippen molar-refractivity contribution in [2.75, 3.05) is 18.9 Å². The van der Waals surface area contributed by atoms with Crippen molar-refractivity contribution in [3.63, 3.8) is 0 Å². The maximum atomic E-state index is 12.4. The number of ether oxygens (including phenoxy) is 1. The first kappa shape index (κ1) is 22.5. The van der Waals surface area contributed by atoms with E-state index in [2.05, 4.69) is 10.6 Å². The minimum atomic E-state index is -0.720. The molecule has 0 aliphatic carbocycles. The molecule has 7 nitrogen and oxygen atoms in total. The molecule has 0 aromatic heterocycles. The molecule has 9 heteroatoms. The second-order valence-corrected chi connectivity index (χ2v) is 7.01. The summed E-state index contributed by atoms with van der Waals surface area (Å²) < 4.78 is 4.97. The van der Waals surface area contributed by atoms with Gasteiger partial charge in [0.15, 0.2) is 0 Å². The van der Waals surface area contributed by atoms with Gasteiger partial charge in [0.1, 0.15) is 0 Å². The van der Waals surface area contributed by atoms with Crippen LogP contribution in [0.2, 0.25) is 10.0 Å². The molecule has 0 aliphatic rings. The third-order valence-electron chi connectivity index (χ3n) is 3.86. The van der Waals surface area contributed by atoms with E-state index < -0.39 is 23.8 Å². The van der Waals surface area contributed by atoms with Crippen molar-refractivity contribution >= 4 is 46.7 Å². The fourth-order valence-corrected chi connectivity index (χ4v) is 3.15. The highest BCUT2D eigenvalue weighted by Gasteiger charge is 2.20. The van der Waals surface area contributed by atoms with Crippen LogP contribution in [0.15, 0.2) is 42.5 Å². The van der Waals surface area contributed by atoms with Gasteiger partial charge in [-0.3, -0.25) is 14.4 Å². The summed E-state index contributed by atoms with van der Waals surface area (Å²) in [5.74, 6) is -1.43. The smallest absolute Gasteiger partial charge is 0.308 e. The van der Waals surface area contributed by atoms with Crippen molar-refractivity contribution in [1.29, 1.82) is 0 Å². The number of nitrogen functional groups attached to an aromatic ring is 1. The standard InChI is InChI=1S/C20H21Cl2N3O4/c1-2-29-19(27)10-17(13-6-14(21)9-15(22)7-13)25-18(26)11-24-20(28)12-4-3-5-16(23)8-12/h3-9,17H,2,10-11,23H2,1H3,(H,24,28)(H,25,26). The van der Waals surface area contributed by atoms with Crippen molar-refractivity contribution in [1.82, 2.24) is 10.6 Å². The first-order chi connectivity index (χ1) is 13.8. The Morgan fingerprint density at radius 1 is 1.10 bits per heavy atom. The normalized spacial score (nSPS) is 11.4. The van der Waals surface area contributed by atoms with E-state index in [1.807, 2.05) is 0 Å². The lowest BCUT2D eigenvalue weighted by Crippen LogP contribution is -2.39. The highest BCUT2D eigenvalue weighted by atomic mass is 35.5. The molecule has 2 aromatic carbocycles. The molecule has 2 rings (SSSR count). The second-order valence-electron chi connectivity index (χ2n) is 6.14. The quantitative estimate of drug-likeness (QED) is 0.433. The van der Waals surface area contributed by atoms with E-state index in [0.29, 0.717) is 26.9 Å². The maximum Gasteiger partial charge on any atom is 0.308 e. The molecule has 0 bridgehead atoms. The van der Waals surface area contributed by atoms with Crippen molar-refractivity contribution in [2.24, 2.45) is 0 Å². The summed E-state index contributed by atoms with van der Waals surface area (Å²) >= 11 is 12.1. The molecule has 1 atom stereocenters. The maximum absolute atomic E-state index is 12.4. The monoisotopic (exact) mass is 437 g/mol. The lowest BCUT2D eigenvalue weighted by molar-refractivity contribution is -0.143. The molecule has 0 spiro atoms. The van der Waals surface area contributed by atoms with Gasteiger partial charge in [-0.15, -0.1) is 0 Å². The Labute approximate surface area is 178 Å². The number of hydrogen-bond acceptors (Lipinski definition) is 5. The first-order valence-corrected chi connectivity index (χ1v) is 9.58. The van der Waals surface area contributed by atoms with E-state index in [1.165, 1.54) is 6.07 Å². The Morgan fingerprint density at radius 3 is 2.41 bits per heavy atom. The number of esters is 1. The van der Waals surface area contributed by atoms with Crippen molar-refractivity contribution in [3.8, 4) is 0 Å². The van der Waals surface area contributed by atoms with Crippen LogP contribution in [0.5, 0.6) is 0 Å². The van der Waals surface area contributed by atoms with Crippen LogP contribution in [-0.4, -0.2) is 30.9 Å². The van der Waals surface area contributed by atoms with Gasteiger partial charge in [0.25, 0.3) is 5.91 Å². The number of carbonyl (C=O) groups excluding carboxylic acids is 3. The molecule has 0 saturated carbocycles. The van der Waals surface area contributed by atoms with Crippen LogP contribution in [0.25, 0.3) is 0 Å². The summed E-state index contributed by atoms with van der Waals surface area (Å²) in [6.45, 7) is 1.61. The van der Waals surface area contributed by atoms with Gasteiger partial charge in [-0.05, 0) is 48.9 Å². The van der Waals surface area contributed by atoms with E-state index in [-0.39, 0.29) is 19.6 Å². The van der Waals surface area contributed by atoms with E-state index in [0.717, 1.165) is 0 Å². The Morgan fingerprint density at radius 2 is 1.79 bits per heavy atom. The summed E-state index contributed by atoms with van der Waals surface area (Å²) in [5, 5.41) is 5.94. The molecule has 0 saturated heterocycles. The Hall–Kier alpha value is -2.77. The molecule has 4 N–H and O–H groups in total. The van der Waals surface area contributed by atoms with E-state index in [4.69, 9.17) is 33.7 Å². The van der Waals surface area contributed by atoms with Gasteiger partial charge < -0.3 is 21.1 Å². The van der Waals surface area contributed by atoms with Crippen molar-refractivity contribution in [2.45, 2.75) is 19.4 Å². The summed E-state index contributed by atoms with van der Waals surface area (Å²) in [6.07, 6.45) is -0.112. The molecule has 2 aromatic rings. The number of amides is 2. The van der Waals surface area contributed by atoms with Crippen LogP contribution in [0.4, 0.5) is 5.69 Å². The number of nitrogens with two attached hydrogens (primary N) is 1. The summed E-state index contributed by atoms with van der Waals surface area (Å²) in [6, 6.07) is 10.4. The average molecular weight is 438 g/mol. The Bertz CT molecular complexity index is 885. The van der Waals surface area contributed by atoms with Crippen LogP contribution in [0.1, 0.15) is 35.3 Å². The fraction of sp³-hybridized carbons (Fsp3) is 0.250. The summed E-state index contributed by atoms with van der Waals surface area (Å²) in [7, 11) is 0. The van der Waals surface area contributed by atoms with Crippen molar-refractivity contribution < 1.29 is 19.1 Å². The van der Waals surface area contributed by atoms with Crippen LogP contribution in [0, 0.1) is 0 Å². The highest BCUT2D eigenvalue weighted by Crippen LogP contribution is 2.25. The minimum absolute atomic E-state index is 0.112. The van der Waals surface area contributed by atoms with E-state index >= 15 is 0 Å². The average Bonchev–Trinajstić information content (AvgIpc) is 2.65. The molecule has 1 unspecified atom stereocenters. The number of anilines is 1. The molecule has 0 radical (unpaired) electrons. The molecular formula is C20H21Cl2N3O4. The second kappa shape index (κ2) is 10.7. The van der Waals surface area contributed by atoms with Crippen LogP contribution < -0.4 is 16.4 Å². The van der Waals surface area contributed by atoms with Crippen LogP contribution in [0.3, 0.4) is 0 Å². The van der Waals surface area contributed by atoms with Gasteiger partial charge in [-0.25, -0.2) is 0 Å². The first-order valence-electron chi connectivity index (χ1n) is 8.83. The molecule has 0 fully saturated rings. The zero-order chi connectivity index (χ0) is 21.4. The number of rotatable bonds is 8. The van der Waals surface area contributed by atoms with E-state index in [9.17, 15) is 14.4 Å². The highest BCUT2D eigenvalue weighted by molar-refractivity contribution is 6.34. The molecule has 0 heterocycles. The predicted octanol–water partition coefficient (Wildman–Crippen LogP) is 3.12. The Kier molecular flexibility index (Phi) is 8.30. The molecule has 2 amide bonds. The number of carbonyl (C=O) groups is 3. The zero-order valence-corrected chi connectivity index (χ0v) is 17.2. The lowest BCUT2D eigenvalue weighted by Gasteiger charge is -2.19. The number of nitrogens with one attached hydrogen (secondary N) is 2. The zero-order valence-electron chi connectivity index (χ0n) is 15.7. The molecular weight excluding hydrogens is 417 g/mol. The molecule has 154 valence electrons. The molecule has 0 aliphatic heterocycles. The van der Waals surface area contributed by atoms with Gasteiger partial charge in [-0.1, -0.05) is 29.3 Å². The Balaban J connectivity index is 2.05. The lowest BCUT2D eigenvalue weighted by atomic mass is 10.0. The van der Waals surface area contributed by atoms with E-state index in [1.54, 1.807) is 43.3 Å². The van der Waals surface area contributed by atoms with Crippen LogP contribution >= 0.6 is 23.2 Å². The number of halogens is 2. The largest absolute Gasteiger partial charge is 0.466 e. The minimum Gasteiger partial charge on any atom is -0.466 e. The third-order valence-corrected chi connectivity index (χ3v) is 4.29. The molecule has 29 heavy (non-hydrogen) atoms. The predicted molar refractivity (Wildman–Crippen MR) is 112 cm³/mol. The number of hydrogen-bond donors (Lipinski definition) is 3. The number of benzene rings is 2. The topological polar surface area (TPSA) is 111 Å². The fourth-order valence-electron chi connectivity index (χ4n) is 2.60. The van der Waals surface area contributed by atoms with Gasteiger partial charge in [-0.2, -0.15) is 0 Å². The summed E-state index contributed by atoms with van der Waals surface area (Å²) in [5.41, 5.74) is 6.98. The van der Waals surface area contributed by atoms with Gasteiger partial charge in [0.2, 0.25) is 5.91 Å². The van der Waals surface area contributed by atoms with Crippen molar-refractivity contribution in [3.05, 3.63) is 63.6 Å². The third kappa shape index (κ3) is 7.29. The van der Waals surface area contributed by atoms with Gasteiger partial charge >= 0.3 is 5.97 Å². The van der Waals surface area contributed by atoms with Gasteiger partial charge in [0, 0.05) is 21.3 Å².